The molecule has 1 unspecified atom stereocenters. The average Bonchev–Trinajstić information content (AvgIpc) is 2.45. The van der Waals surface area contributed by atoms with Gasteiger partial charge in [0.05, 0.1) is 11.1 Å². The van der Waals surface area contributed by atoms with E-state index in [0.29, 0.717) is 10.0 Å². The third-order valence-corrected chi connectivity index (χ3v) is 4.74. The molecular weight excluding hydrogens is 329 g/mol. The quantitative estimate of drug-likeness (QED) is 0.755. The van der Waals surface area contributed by atoms with E-state index in [9.17, 15) is 4.39 Å². The second-order valence-corrected chi connectivity index (χ2v) is 5.83. The molecular formula is C15H12BrClFN. The number of hydrogen-bond acceptors (Lipinski definition) is 1. The fourth-order valence-corrected chi connectivity index (χ4v) is 3.02. The second kappa shape index (κ2) is 5.23. The maximum atomic E-state index is 14.3. The number of hydrogen-bond donors (Lipinski definition) is 1. The molecule has 1 atom stereocenters. The molecule has 0 amide bonds. The van der Waals surface area contributed by atoms with E-state index < -0.39 is 0 Å². The Morgan fingerprint density at radius 1 is 1.16 bits per heavy atom. The van der Waals surface area contributed by atoms with Gasteiger partial charge in [0, 0.05) is 16.6 Å². The lowest BCUT2D eigenvalue weighted by Crippen LogP contribution is -2.31. The Hall–Kier alpha value is -0.900. The summed E-state index contributed by atoms with van der Waals surface area (Å²) in [6.07, 6.45) is 0.971. The van der Waals surface area contributed by atoms with E-state index in [1.807, 2.05) is 18.2 Å². The zero-order valence-electron chi connectivity index (χ0n) is 10.1. The second-order valence-electron chi connectivity index (χ2n) is 4.60. The summed E-state index contributed by atoms with van der Waals surface area (Å²) in [5.41, 5.74) is 3.00. The van der Waals surface area contributed by atoms with Crippen molar-refractivity contribution in [1.29, 1.82) is 0 Å². The van der Waals surface area contributed by atoms with Crippen molar-refractivity contribution in [2.45, 2.75) is 12.5 Å². The molecule has 4 heteroatoms. The molecule has 0 saturated carbocycles. The van der Waals surface area contributed by atoms with Crippen LogP contribution in [-0.4, -0.2) is 6.54 Å². The van der Waals surface area contributed by atoms with Gasteiger partial charge in [0.2, 0.25) is 0 Å². The number of rotatable bonds is 1. The van der Waals surface area contributed by atoms with E-state index in [2.05, 4.69) is 27.3 Å². The lowest BCUT2D eigenvalue weighted by atomic mass is 9.90. The molecule has 0 spiro atoms. The van der Waals surface area contributed by atoms with Crippen LogP contribution >= 0.6 is 27.5 Å². The molecule has 1 aliphatic rings. The molecule has 1 nitrogen and oxygen atoms in total. The van der Waals surface area contributed by atoms with Crippen LogP contribution in [0.2, 0.25) is 5.02 Å². The Bertz CT molecular complexity index is 630. The number of fused-ring (bicyclic) bond motifs is 1. The van der Waals surface area contributed by atoms with Crippen molar-refractivity contribution in [1.82, 2.24) is 5.32 Å². The maximum absolute atomic E-state index is 14.3. The van der Waals surface area contributed by atoms with E-state index >= 15 is 0 Å². The van der Waals surface area contributed by atoms with Gasteiger partial charge >= 0.3 is 0 Å². The van der Waals surface area contributed by atoms with Crippen molar-refractivity contribution >= 4 is 27.5 Å². The predicted octanol–water partition coefficient (Wildman–Crippen LogP) is 4.48. The van der Waals surface area contributed by atoms with Crippen molar-refractivity contribution in [2.24, 2.45) is 0 Å². The summed E-state index contributed by atoms with van der Waals surface area (Å²) in [7, 11) is 0. The van der Waals surface area contributed by atoms with Gasteiger partial charge in [-0.15, -0.1) is 0 Å². The van der Waals surface area contributed by atoms with Gasteiger partial charge in [-0.05, 0) is 39.5 Å². The van der Waals surface area contributed by atoms with Gasteiger partial charge in [-0.3, -0.25) is 0 Å². The minimum Gasteiger partial charge on any atom is -0.306 e. The molecule has 0 fully saturated rings. The summed E-state index contributed by atoms with van der Waals surface area (Å²) < 4.78 is 14.9. The van der Waals surface area contributed by atoms with E-state index in [4.69, 9.17) is 11.6 Å². The SMILES string of the molecule is Fc1c(C2NCCc3ccccc32)ccc(Br)c1Cl. The first-order valence-corrected chi connectivity index (χ1v) is 7.30. The van der Waals surface area contributed by atoms with Crippen molar-refractivity contribution < 1.29 is 4.39 Å². The zero-order valence-corrected chi connectivity index (χ0v) is 12.4. The van der Waals surface area contributed by atoms with Crippen LogP contribution in [0.1, 0.15) is 22.7 Å². The highest BCUT2D eigenvalue weighted by molar-refractivity contribution is 9.10. The molecule has 1 aliphatic heterocycles. The highest BCUT2D eigenvalue weighted by Gasteiger charge is 2.24. The third-order valence-electron chi connectivity index (χ3n) is 3.48. The minimum atomic E-state index is -0.356. The summed E-state index contributed by atoms with van der Waals surface area (Å²) in [4.78, 5) is 0. The summed E-state index contributed by atoms with van der Waals surface area (Å²) in [6, 6.07) is 11.6. The van der Waals surface area contributed by atoms with Gasteiger partial charge in [-0.2, -0.15) is 0 Å². The van der Waals surface area contributed by atoms with Crippen LogP contribution < -0.4 is 5.32 Å². The van der Waals surface area contributed by atoms with Crippen LogP contribution in [0.5, 0.6) is 0 Å². The van der Waals surface area contributed by atoms with E-state index in [1.54, 1.807) is 12.1 Å². The van der Waals surface area contributed by atoms with Gasteiger partial charge in [0.25, 0.3) is 0 Å². The van der Waals surface area contributed by atoms with Crippen LogP contribution in [0.4, 0.5) is 4.39 Å². The summed E-state index contributed by atoms with van der Waals surface area (Å²) in [5.74, 6) is -0.356. The largest absolute Gasteiger partial charge is 0.306 e. The fraction of sp³-hybridized carbons (Fsp3) is 0.200. The average molecular weight is 341 g/mol. The number of benzene rings is 2. The highest BCUT2D eigenvalue weighted by Crippen LogP contribution is 2.35. The Morgan fingerprint density at radius 2 is 1.95 bits per heavy atom. The first kappa shape index (κ1) is 13.1. The Morgan fingerprint density at radius 3 is 2.79 bits per heavy atom. The molecule has 98 valence electrons. The molecule has 0 radical (unpaired) electrons. The van der Waals surface area contributed by atoms with Crippen LogP contribution in [-0.2, 0) is 6.42 Å². The molecule has 0 bridgehead atoms. The van der Waals surface area contributed by atoms with E-state index in [1.165, 1.54) is 5.56 Å². The molecule has 1 heterocycles. The summed E-state index contributed by atoms with van der Waals surface area (Å²) in [5, 5.41) is 3.51. The summed E-state index contributed by atoms with van der Waals surface area (Å²) in [6.45, 7) is 0.842. The fourth-order valence-electron chi connectivity index (χ4n) is 2.55. The van der Waals surface area contributed by atoms with Gasteiger partial charge in [-0.1, -0.05) is 41.9 Å². The molecule has 0 saturated heterocycles. The number of halogens is 3. The maximum Gasteiger partial charge on any atom is 0.148 e. The normalized spacial score (nSPS) is 18.2. The molecule has 0 aliphatic carbocycles. The van der Waals surface area contributed by atoms with Crippen molar-refractivity contribution in [2.75, 3.05) is 6.54 Å². The van der Waals surface area contributed by atoms with Crippen LogP contribution in [0.25, 0.3) is 0 Å². The highest BCUT2D eigenvalue weighted by atomic mass is 79.9. The van der Waals surface area contributed by atoms with Crippen LogP contribution in [0.15, 0.2) is 40.9 Å². The molecule has 19 heavy (non-hydrogen) atoms. The number of nitrogens with one attached hydrogen (secondary N) is 1. The standard InChI is InChI=1S/C15H12BrClFN/c16-12-6-5-11(14(18)13(12)17)15-10-4-2-1-3-9(10)7-8-19-15/h1-6,15,19H,7-8H2. The van der Waals surface area contributed by atoms with E-state index in [0.717, 1.165) is 18.5 Å². The summed E-state index contributed by atoms with van der Waals surface area (Å²) >= 11 is 9.22. The third kappa shape index (κ3) is 2.31. The molecule has 0 aromatic heterocycles. The van der Waals surface area contributed by atoms with Crippen molar-refractivity contribution in [3.8, 4) is 0 Å². The van der Waals surface area contributed by atoms with Crippen LogP contribution in [0, 0.1) is 5.82 Å². The lowest BCUT2D eigenvalue weighted by molar-refractivity contribution is 0.528. The Labute approximate surface area is 124 Å². The van der Waals surface area contributed by atoms with Crippen molar-refractivity contribution in [3.05, 3.63) is 68.4 Å². The molecule has 3 rings (SSSR count). The first-order valence-electron chi connectivity index (χ1n) is 6.13. The lowest BCUT2D eigenvalue weighted by Gasteiger charge is -2.27. The molecule has 1 N–H and O–H groups in total. The first-order chi connectivity index (χ1) is 9.18. The molecule has 2 aromatic rings. The van der Waals surface area contributed by atoms with Gasteiger partial charge in [-0.25, -0.2) is 4.39 Å². The molecule has 2 aromatic carbocycles. The Kier molecular flexibility index (Phi) is 3.61. The van der Waals surface area contributed by atoms with Gasteiger partial charge in [0.1, 0.15) is 5.82 Å². The smallest absolute Gasteiger partial charge is 0.148 e. The van der Waals surface area contributed by atoms with Crippen LogP contribution in [0.3, 0.4) is 0 Å². The monoisotopic (exact) mass is 339 g/mol. The minimum absolute atomic E-state index is 0.129. The zero-order chi connectivity index (χ0) is 13.4. The van der Waals surface area contributed by atoms with Gasteiger partial charge in [0.15, 0.2) is 0 Å². The van der Waals surface area contributed by atoms with Gasteiger partial charge < -0.3 is 5.32 Å². The Balaban J connectivity index is 2.12. The van der Waals surface area contributed by atoms with Crippen molar-refractivity contribution in [3.63, 3.8) is 0 Å². The predicted molar refractivity (Wildman–Crippen MR) is 79.1 cm³/mol. The topological polar surface area (TPSA) is 12.0 Å². The van der Waals surface area contributed by atoms with E-state index in [-0.39, 0.29) is 16.9 Å².